The Labute approximate surface area is 143 Å². The van der Waals surface area contributed by atoms with Crippen molar-refractivity contribution in [1.29, 1.82) is 0 Å². The molecule has 5 heteroatoms. The van der Waals surface area contributed by atoms with Crippen LogP contribution >= 0.6 is 0 Å². The molecule has 5 nitrogen and oxygen atoms in total. The Kier molecular flexibility index (Phi) is 5.01. The molecule has 0 aliphatic carbocycles. The van der Waals surface area contributed by atoms with Crippen molar-refractivity contribution < 1.29 is 4.79 Å². The highest BCUT2D eigenvalue weighted by molar-refractivity contribution is 5.92. The lowest BCUT2D eigenvalue weighted by Crippen LogP contribution is -2.48. The number of anilines is 3. The molecule has 0 radical (unpaired) electrons. The maximum Gasteiger partial charge on any atom is 0.238 e. The second kappa shape index (κ2) is 7.36. The number of nitrogen functional groups attached to an aromatic ring is 1. The fraction of sp³-hybridized carbons (Fsp3) is 0.316. The van der Waals surface area contributed by atoms with E-state index in [1.807, 2.05) is 12.1 Å². The van der Waals surface area contributed by atoms with Crippen LogP contribution in [0.4, 0.5) is 17.1 Å². The van der Waals surface area contributed by atoms with Crippen molar-refractivity contribution in [2.75, 3.05) is 48.7 Å². The summed E-state index contributed by atoms with van der Waals surface area (Å²) in [5.74, 6) is 0.00426. The average Bonchev–Trinajstić information content (AvgIpc) is 2.55. The summed E-state index contributed by atoms with van der Waals surface area (Å²) in [6.07, 6.45) is 0. The predicted octanol–water partition coefficient (Wildman–Crippen LogP) is 2.34. The molecule has 0 unspecified atom stereocenters. The first-order chi connectivity index (χ1) is 11.6. The molecule has 1 saturated heterocycles. The van der Waals surface area contributed by atoms with Crippen LogP contribution in [0, 0.1) is 6.92 Å². The second-order valence-corrected chi connectivity index (χ2v) is 6.28. The van der Waals surface area contributed by atoms with Crippen molar-refractivity contribution in [2.24, 2.45) is 0 Å². The van der Waals surface area contributed by atoms with Crippen molar-refractivity contribution in [3.63, 3.8) is 0 Å². The highest BCUT2D eigenvalue weighted by Gasteiger charge is 2.19. The highest BCUT2D eigenvalue weighted by Crippen LogP contribution is 2.18. The largest absolute Gasteiger partial charge is 0.399 e. The SMILES string of the molecule is Cc1cccc(N2CCN(CC(=O)Nc3cccc(N)c3)CC2)c1. The first-order valence-electron chi connectivity index (χ1n) is 8.29. The van der Waals surface area contributed by atoms with Gasteiger partial charge in [0.15, 0.2) is 0 Å². The third-order valence-electron chi connectivity index (χ3n) is 4.28. The molecular weight excluding hydrogens is 300 g/mol. The molecule has 126 valence electrons. The number of hydrogen-bond donors (Lipinski definition) is 2. The molecule has 0 saturated carbocycles. The third-order valence-corrected chi connectivity index (χ3v) is 4.28. The molecule has 0 bridgehead atoms. The van der Waals surface area contributed by atoms with Crippen LogP contribution < -0.4 is 16.0 Å². The average molecular weight is 324 g/mol. The fourth-order valence-electron chi connectivity index (χ4n) is 3.01. The number of carbonyl (C=O) groups excluding carboxylic acids is 1. The number of rotatable bonds is 4. The zero-order valence-electron chi connectivity index (χ0n) is 14.0. The van der Waals surface area contributed by atoms with E-state index in [1.165, 1.54) is 11.3 Å². The summed E-state index contributed by atoms with van der Waals surface area (Å²) in [6.45, 7) is 6.18. The van der Waals surface area contributed by atoms with E-state index in [9.17, 15) is 4.79 Å². The number of nitrogens with one attached hydrogen (secondary N) is 1. The number of benzene rings is 2. The van der Waals surface area contributed by atoms with Gasteiger partial charge in [-0.25, -0.2) is 0 Å². The number of piperazine rings is 1. The topological polar surface area (TPSA) is 61.6 Å². The van der Waals surface area contributed by atoms with Crippen LogP contribution in [0.3, 0.4) is 0 Å². The number of hydrogen-bond acceptors (Lipinski definition) is 4. The van der Waals surface area contributed by atoms with Gasteiger partial charge in [-0.2, -0.15) is 0 Å². The van der Waals surface area contributed by atoms with Crippen LogP contribution in [0.5, 0.6) is 0 Å². The smallest absolute Gasteiger partial charge is 0.238 e. The minimum atomic E-state index is 0.00426. The van der Waals surface area contributed by atoms with Gasteiger partial charge in [0, 0.05) is 43.2 Å². The van der Waals surface area contributed by atoms with Crippen molar-refractivity contribution in [3.05, 3.63) is 54.1 Å². The molecule has 1 aliphatic heterocycles. The summed E-state index contributed by atoms with van der Waals surface area (Å²) >= 11 is 0. The highest BCUT2D eigenvalue weighted by atomic mass is 16.2. The summed E-state index contributed by atoms with van der Waals surface area (Å²) in [7, 11) is 0. The number of amides is 1. The van der Waals surface area contributed by atoms with Gasteiger partial charge >= 0.3 is 0 Å². The molecule has 1 amide bonds. The van der Waals surface area contributed by atoms with Crippen LogP contribution in [0.1, 0.15) is 5.56 Å². The molecule has 3 rings (SSSR count). The number of aryl methyl sites for hydroxylation is 1. The van der Waals surface area contributed by atoms with Crippen LogP contribution in [0.15, 0.2) is 48.5 Å². The Morgan fingerprint density at radius 2 is 1.83 bits per heavy atom. The van der Waals surface area contributed by atoms with E-state index in [4.69, 9.17) is 5.73 Å². The molecular formula is C19H24N4O. The van der Waals surface area contributed by atoms with Crippen LogP contribution in [0.25, 0.3) is 0 Å². The molecule has 3 N–H and O–H groups in total. The lowest BCUT2D eigenvalue weighted by Gasteiger charge is -2.35. The summed E-state index contributed by atoms with van der Waals surface area (Å²) in [6, 6.07) is 15.8. The van der Waals surface area contributed by atoms with Crippen molar-refractivity contribution in [2.45, 2.75) is 6.92 Å². The van der Waals surface area contributed by atoms with Crippen molar-refractivity contribution >= 4 is 23.0 Å². The maximum atomic E-state index is 12.2. The molecule has 1 aliphatic rings. The van der Waals surface area contributed by atoms with Gasteiger partial charge in [-0.1, -0.05) is 18.2 Å². The Hall–Kier alpha value is -2.53. The summed E-state index contributed by atoms with van der Waals surface area (Å²) in [5, 5.41) is 2.91. The van der Waals surface area contributed by atoms with Gasteiger partial charge in [0.05, 0.1) is 6.54 Å². The monoisotopic (exact) mass is 324 g/mol. The van der Waals surface area contributed by atoms with Crippen LogP contribution in [0.2, 0.25) is 0 Å². The Bertz CT molecular complexity index is 708. The molecule has 24 heavy (non-hydrogen) atoms. The predicted molar refractivity (Wildman–Crippen MR) is 99.3 cm³/mol. The minimum absolute atomic E-state index is 0.00426. The van der Waals surface area contributed by atoms with Gasteiger partial charge in [-0.15, -0.1) is 0 Å². The second-order valence-electron chi connectivity index (χ2n) is 6.28. The normalized spacial score (nSPS) is 15.3. The van der Waals surface area contributed by atoms with Gasteiger partial charge in [0.1, 0.15) is 0 Å². The number of nitrogens with zero attached hydrogens (tertiary/aromatic N) is 2. The molecule has 0 atom stereocenters. The van der Waals surface area contributed by atoms with E-state index >= 15 is 0 Å². The Morgan fingerprint density at radius 3 is 2.54 bits per heavy atom. The number of nitrogens with two attached hydrogens (primary N) is 1. The van der Waals surface area contributed by atoms with Crippen molar-refractivity contribution in [1.82, 2.24) is 4.90 Å². The van der Waals surface area contributed by atoms with E-state index in [0.29, 0.717) is 12.2 Å². The van der Waals surface area contributed by atoms with E-state index in [1.54, 1.807) is 12.1 Å². The van der Waals surface area contributed by atoms with Crippen LogP contribution in [-0.4, -0.2) is 43.5 Å². The molecule has 2 aromatic rings. The van der Waals surface area contributed by atoms with E-state index in [0.717, 1.165) is 31.9 Å². The number of carbonyl (C=O) groups is 1. The lowest BCUT2D eigenvalue weighted by atomic mass is 10.2. The standard InChI is InChI=1S/C19H24N4O/c1-15-4-2-7-18(12-15)23-10-8-22(9-11-23)14-19(24)21-17-6-3-5-16(20)13-17/h2-7,12-13H,8-11,14,20H2,1H3,(H,21,24). The van der Waals surface area contributed by atoms with E-state index in [2.05, 4.69) is 46.3 Å². The molecule has 1 fully saturated rings. The van der Waals surface area contributed by atoms with E-state index in [-0.39, 0.29) is 5.91 Å². The quantitative estimate of drug-likeness (QED) is 0.848. The molecule has 1 heterocycles. The maximum absolute atomic E-state index is 12.2. The third kappa shape index (κ3) is 4.26. The van der Waals surface area contributed by atoms with Crippen LogP contribution in [-0.2, 0) is 4.79 Å². The summed E-state index contributed by atoms with van der Waals surface area (Å²) in [4.78, 5) is 16.7. The van der Waals surface area contributed by atoms with Gasteiger partial charge < -0.3 is 16.0 Å². The van der Waals surface area contributed by atoms with Crippen molar-refractivity contribution in [3.8, 4) is 0 Å². The van der Waals surface area contributed by atoms with Gasteiger partial charge in [-0.3, -0.25) is 9.69 Å². The van der Waals surface area contributed by atoms with E-state index < -0.39 is 0 Å². The first-order valence-corrected chi connectivity index (χ1v) is 8.29. The Balaban J connectivity index is 1.49. The molecule has 0 aromatic heterocycles. The van der Waals surface area contributed by atoms with Gasteiger partial charge in [0.2, 0.25) is 5.91 Å². The van der Waals surface area contributed by atoms with Gasteiger partial charge in [0.25, 0.3) is 0 Å². The summed E-state index contributed by atoms with van der Waals surface area (Å²) < 4.78 is 0. The molecule has 0 spiro atoms. The fourth-order valence-corrected chi connectivity index (χ4v) is 3.01. The summed E-state index contributed by atoms with van der Waals surface area (Å²) in [5.41, 5.74) is 9.67. The molecule has 2 aromatic carbocycles. The Morgan fingerprint density at radius 1 is 1.08 bits per heavy atom. The lowest BCUT2D eigenvalue weighted by molar-refractivity contribution is -0.117. The zero-order chi connectivity index (χ0) is 16.9. The minimum Gasteiger partial charge on any atom is -0.399 e. The first kappa shape index (κ1) is 16.3. The van der Waals surface area contributed by atoms with Gasteiger partial charge in [-0.05, 0) is 42.8 Å². The zero-order valence-corrected chi connectivity index (χ0v) is 14.0.